The summed E-state index contributed by atoms with van der Waals surface area (Å²) in [5.41, 5.74) is 5.08. The molecule has 0 unspecified atom stereocenters. The predicted octanol–water partition coefficient (Wildman–Crippen LogP) is 4.25. The van der Waals surface area contributed by atoms with Crippen LogP contribution in [0.25, 0.3) is 22.2 Å². The van der Waals surface area contributed by atoms with Gasteiger partial charge in [-0.2, -0.15) is 12.7 Å². The number of ether oxygens (including phenoxy) is 2. The van der Waals surface area contributed by atoms with Crippen molar-refractivity contribution in [2.45, 2.75) is 56.9 Å². The summed E-state index contributed by atoms with van der Waals surface area (Å²) in [4.78, 5) is 29.5. The van der Waals surface area contributed by atoms with Crippen LogP contribution in [0.5, 0.6) is 5.75 Å². The third kappa shape index (κ3) is 4.71. The van der Waals surface area contributed by atoms with E-state index in [1.807, 2.05) is 25.2 Å². The van der Waals surface area contributed by atoms with Gasteiger partial charge < -0.3 is 18.9 Å². The maximum absolute atomic E-state index is 14.3. The molecule has 4 aliphatic rings. The van der Waals surface area contributed by atoms with Crippen molar-refractivity contribution in [3.05, 3.63) is 53.1 Å². The minimum atomic E-state index is -4.08. The lowest BCUT2D eigenvalue weighted by atomic mass is 9.81. The highest BCUT2D eigenvalue weighted by atomic mass is 32.2. The molecule has 11 heteroatoms. The van der Waals surface area contributed by atoms with Gasteiger partial charge in [-0.05, 0) is 66.6 Å². The zero-order chi connectivity index (χ0) is 30.8. The Hall–Kier alpha value is -3.41. The number of hydrogen-bond donors (Lipinski definition) is 1. The van der Waals surface area contributed by atoms with E-state index in [9.17, 15) is 18.0 Å². The Kier molecular flexibility index (Phi) is 7.25. The largest absolute Gasteiger partial charge is 0.497 e. The van der Waals surface area contributed by atoms with Gasteiger partial charge in [-0.25, -0.2) is 4.72 Å². The van der Waals surface area contributed by atoms with E-state index in [-0.39, 0.29) is 37.1 Å². The van der Waals surface area contributed by atoms with Crippen LogP contribution >= 0.6 is 0 Å². The summed E-state index contributed by atoms with van der Waals surface area (Å²) < 4.78 is 43.0. The molecule has 3 heterocycles. The number of nitrogens with zero attached hydrogens (tertiary/aromatic N) is 3. The maximum Gasteiger partial charge on any atom is 0.303 e. The maximum atomic E-state index is 14.3. The number of likely N-dealkylation sites (N-methyl/N-ethyl adjacent to an activating group) is 2. The lowest BCUT2D eigenvalue weighted by Gasteiger charge is -2.25. The van der Waals surface area contributed by atoms with Gasteiger partial charge in [0.15, 0.2) is 0 Å². The van der Waals surface area contributed by atoms with Crippen LogP contribution in [-0.4, -0.2) is 81.5 Å². The highest BCUT2D eigenvalue weighted by molar-refractivity contribution is 7.87. The lowest BCUT2D eigenvalue weighted by molar-refractivity contribution is -0.137. The van der Waals surface area contributed by atoms with E-state index in [1.54, 1.807) is 18.1 Å². The topological polar surface area (TPSA) is 110 Å². The Bertz CT molecular complexity index is 1760. The molecular weight excluding hydrogens is 580 g/mol. The van der Waals surface area contributed by atoms with Gasteiger partial charge in [-0.15, -0.1) is 0 Å². The Morgan fingerprint density at radius 2 is 1.77 bits per heavy atom. The predicted molar refractivity (Wildman–Crippen MR) is 167 cm³/mol. The molecule has 44 heavy (non-hydrogen) atoms. The van der Waals surface area contributed by atoms with E-state index in [0.29, 0.717) is 19.0 Å². The molecule has 1 N–H and O–H groups in total. The van der Waals surface area contributed by atoms with Crippen LogP contribution in [0, 0.1) is 5.41 Å². The highest BCUT2D eigenvalue weighted by Gasteiger charge is 2.63. The van der Waals surface area contributed by atoms with Gasteiger partial charge in [0.05, 0.1) is 31.4 Å². The molecule has 2 aliphatic carbocycles. The molecule has 2 amide bonds. The van der Waals surface area contributed by atoms with Gasteiger partial charge in [0, 0.05) is 61.7 Å². The van der Waals surface area contributed by atoms with E-state index in [0.717, 1.165) is 69.9 Å². The Balaban J connectivity index is 1.48. The van der Waals surface area contributed by atoms with E-state index >= 15 is 0 Å². The molecule has 1 spiro atoms. The summed E-state index contributed by atoms with van der Waals surface area (Å²) in [5.74, 6) is 0.538. The molecule has 234 valence electrons. The number of aromatic nitrogens is 1. The Labute approximate surface area is 258 Å². The third-order valence-corrected chi connectivity index (χ3v) is 11.8. The van der Waals surface area contributed by atoms with Gasteiger partial charge in [0.2, 0.25) is 5.91 Å². The fourth-order valence-corrected chi connectivity index (χ4v) is 8.60. The van der Waals surface area contributed by atoms with Crippen molar-refractivity contribution in [2.75, 3.05) is 47.5 Å². The summed E-state index contributed by atoms with van der Waals surface area (Å²) >= 11 is 0. The molecule has 2 saturated carbocycles. The molecule has 0 radical (unpaired) electrons. The van der Waals surface area contributed by atoms with E-state index < -0.39 is 21.5 Å². The fourth-order valence-electron chi connectivity index (χ4n) is 7.77. The number of benzene rings is 2. The minimum absolute atomic E-state index is 0.0324. The van der Waals surface area contributed by atoms with Gasteiger partial charge >= 0.3 is 10.2 Å². The second-order valence-corrected chi connectivity index (χ2v) is 14.7. The summed E-state index contributed by atoms with van der Waals surface area (Å²) in [6.45, 7) is 1.35. The zero-order valence-electron chi connectivity index (χ0n) is 25.6. The first-order valence-electron chi connectivity index (χ1n) is 15.6. The summed E-state index contributed by atoms with van der Waals surface area (Å²) in [6.07, 6.45) is 6.44. The SMILES string of the molecule is COc1ccc2c(c1)[C@H]1C[C@@]13Cn1c-2c(C2CCCCC2)c2ccc(cc21)C(=O)NS(=O)(=O)N(C)CCOCCN(C)C3=O. The van der Waals surface area contributed by atoms with Gasteiger partial charge in [0.1, 0.15) is 5.75 Å². The normalized spacial score (nSPS) is 26.2. The number of carbonyl (C=O) groups excluding carboxylic acids is 2. The number of rotatable bonds is 2. The van der Waals surface area contributed by atoms with Crippen LogP contribution in [0.1, 0.15) is 71.8 Å². The van der Waals surface area contributed by atoms with Crippen LogP contribution in [-0.2, 0) is 26.3 Å². The number of nitrogens with one attached hydrogen (secondary N) is 1. The Morgan fingerprint density at radius 1 is 1.00 bits per heavy atom. The number of carbonyl (C=O) groups is 2. The van der Waals surface area contributed by atoms with Crippen molar-refractivity contribution in [1.29, 1.82) is 0 Å². The molecule has 2 aliphatic heterocycles. The standard InChI is InChI=1S/C33H40N4O6S/c1-35-13-15-43-16-14-36(2)44(40,41)34-31(38)22-9-11-25-28(17-22)37-20-33(32(35)39)19-27(33)26-18-23(42-3)10-12-24(26)30(37)29(25)21-7-5-4-6-8-21/h9-12,17-18,21,27H,4-8,13-16,19-20H2,1-3H3,(H,34,38)/t27-,33-/m1/s1. The number of hydrogen-bond acceptors (Lipinski definition) is 6. The van der Waals surface area contributed by atoms with Crippen molar-refractivity contribution in [3.63, 3.8) is 0 Å². The van der Waals surface area contributed by atoms with Crippen LogP contribution in [0.15, 0.2) is 36.4 Å². The van der Waals surface area contributed by atoms with E-state index in [4.69, 9.17) is 9.47 Å². The molecule has 4 bridgehead atoms. The van der Waals surface area contributed by atoms with Gasteiger partial charge in [-0.1, -0.05) is 25.3 Å². The quantitative estimate of drug-likeness (QED) is 0.459. The lowest BCUT2D eigenvalue weighted by Crippen LogP contribution is -2.43. The third-order valence-electron chi connectivity index (χ3n) is 10.3. The molecule has 3 aromatic rings. The van der Waals surface area contributed by atoms with Crippen LogP contribution in [0.2, 0.25) is 0 Å². The highest BCUT2D eigenvalue weighted by Crippen LogP contribution is 2.66. The van der Waals surface area contributed by atoms with Crippen LogP contribution < -0.4 is 9.46 Å². The summed E-state index contributed by atoms with van der Waals surface area (Å²) in [6, 6.07) is 11.7. The average Bonchev–Trinajstić information content (AvgIpc) is 3.69. The molecular formula is C33H40N4O6S. The molecule has 2 atom stereocenters. The van der Waals surface area contributed by atoms with E-state index in [1.165, 1.54) is 19.0 Å². The molecule has 0 saturated heterocycles. The van der Waals surface area contributed by atoms with E-state index in [2.05, 4.69) is 21.4 Å². The minimum Gasteiger partial charge on any atom is -0.497 e. The van der Waals surface area contributed by atoms with Crippen molar-refractivity contribution in [3.8, 4) is 17.0 Å². The molecule has 10 nitrogen and oxygen atoms in total. The van der Waals surface area contributed by atoms with Crippen molar-refractivity contribution < 1.29 is 27.5 Å². The molecule has 1 aromatic heterocycles. The first-order chi connectivity index (χ1) is 21.1. The zero-order valence-corrected chi connectivity index (χ0v) is 26.4. The first kappa shape index (κ1) is 29.3. The average molecular weight is 621 g/mol. The first-order valence-corrected chi connectivity index (χ1v) is 17.0. The monoisotopic (exact) mass is 620 g/mol. The number of fused-ring (bicyclic) bond motifs is 4. The van der Waals surface area contributed by atoms with Crippen molar-refractivity contribution in [2.24, 2.45) is 5.41 Å². The number of amides is 2. The Morgan fingerprint density at radius 3 is 2.55 bits per heavy atom. The second kappa shape index (κ2) is 10.9. The van der Waals surface area contributed by atoms with Gasteiger partial charge in [-0.3, -0.25) is 9.59 Å². The van der Waals surface area contributed by atoms with Gasteiger partial charge in [0.25, 0.3) is 5.91 Å². The molecule has 2 fully saturated rings. The van der Waals surface area contributed by atoms with Crippen LogP contribution in [0.3, 0.4) is 0 Å². The number of methoxy groups -OCH3 is 1. The fraction of sp³-hybridized carbons (Fsp3) is 0.515. The van der Waals surface area contributed by atoms with Crippen LogP contribution in [0.4, 0.5) is 0 Å². The molecule has 2 aromatic carbocycles. The smallest absolute Gasteiger partial charge is 0.303 e. The summed E-state index contributed by atoms with van der Waals surface area (Å²) in [7, 11) is 0.821. The van der Waals surface area contributed by atoms with Crippen molar-refractivity contribution in [1.82, 2.24) is 18.5 Å². The summed E-state index contributed by atoms with van der Waals surface area (Å²) in [5, 5.41) is 1.06. The molecule has 7 rings (SSSR count). The van der Waals surface area contributed by atoms with Crippen molar-refractivity contribution >= 4 is 32.9 Å². The second-order valence-electron chi connectivity index (χ2n) is 12.9.